The lowest BCUT2D eigenvalue weighted by Gasteiger charge is -2.38. The first kappa shape index (κ1) is 22.1. The number of carbonyl (C=O) groups is 2. The van der Waals surface area contributed by atoms with E-state index in [4.69, 9.17) is 5.26 Å². The Labute approximate surface area is 192 Å². The SMILES string of the molecule is CC(=O)N1CC(n2cc(Nc3ncc(C)c(-c4ccc(C(=O)C[C@@H](C)C#N)cc4)n3)cn2)C1. The summed E-state index contributed by atoms with van der Waals surface area (Å²) >= 11 is 0. The van der Waals surface area contributed by atoms with E-state index in [-0.39, 0.29) is 30.1 Å². The van der Waals surface area contributed by atoms with E-state index in [1.54, 1.807) is 43.3 Å². The zero-order valence-corrected chi connectivity index (χ0v) is 18.8. The summed E-state index contributed by atoms with van der Waals surface area (Å²) in [5, 5.41) is 16.5. The first-order chi connectivity index (χ1) is 15.8. The fraction of sp³-hybridized carbons (Fsp3) is 0.333. The molecule has 2 aromatic heterocycles. The van der Waals surface area contributed by atoms with Crippen molar-refractivity contribution >= 4 is 23.3 Å². The van der Waals surface area contributed by atoms with Gasteiger partial charge in [0, 0.05) is 50.0 Å². The van der Waals surface area contributed by atoms with Gasteiger partial charge in [-0.2, -0.15) is 10.4 Å². The van der Waals surface area contributed by atoms with Crippen LogP contribution in [0.3, 0.4) is 0 Å². The van der Waals surface area contributed by atoms with Gasteiger partial charge in [0.05, 0.1) is 35.6 Å². The second kappa shape index (κ2) is 9.20. The number of aromatic nitrogens is 4. The average Bonchev–Trinajstić information content (AvgIpc) is 3.21. The molecule has 9 nitrogen and oxygen atoms in total. The summed E-state index contributed by atoms with van der Waals surface area (Å²) in [6.45, 7) is 6.56. The molecule has 0 radical (unpaired) electrons. The summed E-state index contributed by atoms with van der Waals surface area (Å²) in [5.41, 5.74) is 3.89. The van der Waals surface area contributed by atoms with Crippen LogP contribution in [0.1, 0.15) is 42.2 Å². The van der Waals surface area contributed by atoms with Crippen molar-refractivity contribution < 1.29 is 9.59 Å². The molecule has 3 aromatic rings. The van der Waals surface area contributed by atoms with Crippen molar-refractivity contribution in [3.63, 3.8) is 0 Å². The standard InChI is InChI=1S/C24H25N7O2/c1-15(9-25)8-22(33)18-4-6-19(7-5-18)23-16(2)10-26-24(29-23)28-20-11-27-31(12-20)21-13-30(14-21)17(3)32/h4-7,10-12,15,21H,8,13-14H2,1-3H3,(H,26,28,29)/t15-/m1/s1. The highest BCUT2D eigenvalue weighted by atomic mass is 16.2. The number of ketones is 1. The van der Waals surface area contributed by atoms with Crippen molar-refractivity contribution in [2.75, 3.05) is 18.4 Å². The number of nitrogens with one attached hydrogen (secondary N) is 1. The number of Topliss-reactive ketones (excluding diaryl/α,β-unsaturated/α-hetero) is 1. The molecule has 168 valence electrons. The fourth-order valence-electron chi connectivity index (χ4n) is 3.66. The van der Waals surface area contributed by atoms with Crippen LogP contribution in [0, 0.1) is 24.2 Å². The van der Waals surface area contributed by atoms with Crippen LogP contribution < -0.4 is 5.32 Å². The van der Waals surface area contributed by atoms with Gasteiger partial charge in [-0.05, 0) is 19.4 Å². The molecule has 0 saturated carbocycles. The summed E-state index contributed by atoms with van der Waals surface area (Å²) in [5.74, 6) is 0.160. The smallest absolute Gasteiger partial charge is 0.227 e. The Balaban J connectivity index is 1.46. The first-order valence-electron chi connectivity index (χ1n) is 10.8. The second-order valence-electron chi connectivity index (χ2n) is 8.37. The number of benzene rings is 1. The Hall–Kier alpha value is -4.06. The number of hydrogen-bond donors (Lipinski definition) is 1. The van der Waals surface area contributed by atoms with Crippen LogP contribution in [0.15, 0.2) is 42.9 Å². The molecule has 1 aliphatic heterocycles. The maximum atomic E-state index is 12.3. The maximum absolute atomic E-state index is 12.3. The van der Waals surface area contributed by atoms with Gasteiger partial charge in [0.2, 0.25) is 11.9 Å². The number of anilines is 2. The summed E-state index contributed by atoms with van der Waals surface area (Å²) in [4.78, 5) is 34.5. The molecule has 0 spiro atoms. The van der Waals surface area contributed by atoms with Gasteiger partial charge in [0.25, 0.3) is 0 Å². The third-order valence-corrected chi connectivity index (χ3v) is 5.70. The predicted octanol–water partition coefficient (Wildman–Crippen LogP) is 3.53. The second-order valence-corrected chi connectivity index (χ2v) is 8.37. The third kappa shape index (κ3) is 4.90. The monoisotopic (exact) mass is 443 g/mol. The number of amides is 1. The zero-order valence-electron chi connectivity index (χ0n) is 18.8. The molecule has 1 N–H and O–H groups in total. The van der Waals surface area contributed by atoms with Crippen molar-refractivity contribution in [3.8, 4) is 17.3 Å². The quantitative estimate of drug-likeness (QED) is 0.555. The minimum atomic E-state index is -0.309. The zero-order chi connectivity index (χ0) is 23.5. The number of hydrogen-bond acceptors (Lipinski definition) is 7. The minimum absolute atomic E-state index is 0.0488. The van der Waals surface area contributed by atoms with E-state index in [0.717, 1.165) is 22.5 Å². The molecule has 0 unspecified atom stereocenters. The molecule has 4 rings (SSSR count). The van der Waals surface area contributed by atoms with Gasteiger partial charge in [-0.15, -0.1) is 0 Å². The number of nitrogens with zero attached hydrogens (tertiary/aromatic N) is 6. The van der Waals surface area contributed by atoms with Gasteiger partial charge in [-0.3, -0.25) is 14.3 Å². The van der Waals surface area contributed by atoms with Gasteiger partial charge in [0.1, 0.15) is 0 Å². The van der Waals surface area contributed by atoms with Gasteiger partial charge >= 0.3 is 0 Å². The number of carbonyl (C=O) groups excluding carboxylic acids is 2. The van der Waals surface area contributed by atoms with E-state index in [2.05, 4.69) is 26.5 Å². The molecule has 1 aliphatic rings. The van der Waals surface area contributed by atoms with Gasteiger partial charge in [0.15, 0.2) is 5.78 Å². The molecule has 0 aliphatic carbocycles. The van der Waals surface area contributed by atoms with Crippen LogP contribution in [0.4, 0.5) is 11.6 Å². The van der Waals surface area contributed by atoms with E-state index in [1.807, 2.05) is 29.9 Å². The molecular formula is C24H25N7O2. The van der Waals surface area contributed by atoms with Crippen molar-refractivity contribution in [1.29, 1.82) is 5.26 Å². The maximum Gasteiger partial charge on any atom is 0.227 e. The van der Waals surface area contributed by atoms with E-state index in [0.29, 0.717) is 24.6 Å². The van der Waals surface area contributed by atoms with Crippen LogP contribution in [0.25, 0.3) is 11.3 Å². The molecule has 1 amide bonds. The van der Waals surface area contributed by atoms with Crippen LogP contribution in [0.2, 0.25) is 0 Å². The Kier molecular flexibility index (Phi) is 6.18. The topological polar surface area (TPSA) is 117 Å². The minimum Gasteiger partial charge on any atom is -0.339 e. The molecule has 1 atom stereocenters. The third-order valence-electron chi connectivity index (χ3n) is 5.70. The normalized spacial score (nSPS) is 14.3. The fourth-order valence-corrected chi connectivity index (χ4v) is 3.66. The van der Waals surface area contributed by atoms with E-state index < -0.39 is 0 Å². The highest BCUT2D eigenvalue weighted by Crippen LogP contribution is 2.25. The first-order valence-corrected chi connectivity index (χ1v) is 10.8. The summed E-state index contributed by atoms with van der Waals surface area (Å²) in [6, 6.07) is 9.52. The van der Waals surface area contributed by atoms with Crippen molar-refractivity contribution in [1.82, 2.24) is 24.6 Å². The van der Waals surface area contributed by atoms with Crippen molar-refractivity contribution in [2.24, 2.45) is 5.92 Å². The van der Waals surface area contributed by atoms with Crippen molar-refractivity contribution in [2.45, 2.75) is 33.2 Å². The largest absolute Gasteiger partial charge is 0.339 e. The molecule has 3 heterocycles. The average molecular weight is 444 g/mol. The summed E-state index contributed by atoms with van der Waals surface area (Å²) in [7, 11) is 0. The highest BCUT2D eigenvalue weighted by molar-refractivity contribution is 5.96. The van der Waals surface area contributed by atoms with E-state index in [9.17, 15) is 9.59 Å². The van der Waals surface area contributed by atoms with Gasteiger partial charge < -0.3 is 10.2 Å². The predicted molar refractivity (Wildman–Crippen MR) is 123 cm³/mol. The van der Waals surface area contributed by atoms with Gasteiger partial charge in [-0.25, -0.2) is 9.97 Å². The van der Waals surface area contributed by atoms with Crippen LogP contribution in [0.5, 0.6) is 0 Å². The number of nitriles is 1. The number of rotatable bonds is 7. The van der Waals surface area contributed by atoms with E-state index in [1.165, 1.54) is 0 Å². The molecule has 1 aromatic carbocycles. The van der Waals surface area contributed by atoms with Crippen LogP contribution in [-0.2, 0) is 4.79 Å². The summed E-state index contributed by atoms with van der Waals surface area (Å²) in [6.07, 6.45) is 5.55. The molecule has 1 fully saturated rings. The Morgan fingerprint density at radius 1 is 1.24 bits per heavy atom. The lowest BCUT2D eigenvalue weighted by molar-refractivity contribution is -0.134. The Morgan fingerprint density at radius 3 is 2.64 bits per heavy atom. The number of aryl methyl sites for hydroxylation is 1. The molecular weight excluding hydrogens is 418 g/mol. The van der Waals surface area contributed by atoms with Gasteiger partial charge in [-0.1, -0.05) is 24.3 Å². The Bertz CT molecular complexity index is 1220. The summed E-state index contributed by atoms with van der Waals surface area (Å²) < 4.78 is 1.85. The lowest BCUT2D eigenvalue weighted by atomic mass is 9.99. The van der Waals surface area contributed by atoms with E-state index >= 15 is 0 Å². The molecule has 1 saturated heterocycles. The van der Waals surface area contributed by atoms with Crippen molar-refractivity contribution in [3.05, 3.63) is 54.0 Å². The lowest BCUT2D eigenvalue weighted by Crippen LogP contribution is -2.49. The number of likely N-dealkylation sites (tertiary alicyclic amines) is 1. The molecule has 33 heavy (non-hydrogen) atoms. The van der Waals surface area contributed by atoms with Crippen LogP contribution >= 0.6 is 0 Å². The van der Waals surface area contributed by atoms with Crippen LogP contribution in [-0.4, -0.2) is 49.4 Å². The highest BCUT2D eigenvalue weighted by Gasteiger charge is 2.30. The molecule has 9 heteroatoms. The Morgan fingerprint density at radius 2 is 1.97 bits per heavy atom. The molecule has 0 bridgehead atoms.